The molecule has 0 bridgehead atoms. The van der Waals surface area contributed by atoms with Crippen molar-refractivity contribution in [2.24, 2.45) is 0 Å². The highest BCUT2D eigenvalue weighted by Crippen LogP contribution is 2.08. The van der Waals surface area contributed by atoms with E-state index in [9.17, 15) is 0 Å². The van der Waals surface area contributed by atoms with Crippen molar-refractivity contribution in [1.82, 2.24) is 4.98 Å². The van der Waals surface area contributed by atoms with Gasteiger partial charge in [-0.2, -0.15) is 0 Å². The quantitative estimate of drug-likeness (QED) is 0.627. The van der Waals surface area contributed by atoms with E-state index in [0.717, 1.165) is 50.8 Å². The zero-order valence-corrected chi connectivity index (χ0v) is 11.5. The summed E-state index contributed by atoms with van der Waals surface area (Å²) in [6.07, 6.45) is 3.42. The number of nitrogens with one attached hydrogen (secondary N) is 2. The summed E-state index contributed by atoms with van der Waals surface area (Å²) < 4.78 is 5.49. The third-order valence-corrected chi connectivity index (χ3v) is 2.50. The van der Waals surface area contributed by atoms with Crippen LogP contribution in [0.2, 0.25) is 0 Å². The van der Waals surface area contributed by atoms with Gasteiger partial charge in [-0.25, -0.2) is 4.98 Å². The summed E-state index contributed by atoms with van der Waals surface area (Å²) in [7, 11) is 0. The van der Waals surface area contributed by atoms with Crippen LogP contribution in [0.4, 0.5) is 11.6 Å². The van der Waals surface area contributed by atoms with Crippen LogP contribution in [0.1, 0.15) is 33.1 Å². The van der Waals surface area contributed by atoms with E-state index in [4.69, 9.17) is 4.74 Å². The summed E-state index contributed by atoms with van der Waals surface area (Å²) in [4.78, 5) is 4.47. The number of rotatable bonds is 10. The predicted molar refractivity (Wildman–Crippen MR) is 77.2 cm³/mol. The zero-order valence-electron chi connectivity index (χ0n) is 11.5. The second-order valence-electron chi connectivity index (χ2n) is 4.23. The van der Waals surface area contributed by atoms with Crippen LogP contribution in [0, 0.1) is 0 Å². The summed E-state index contributed by atoms with van der Waals surface area (Å²) in [6, 6.07) is 5.97. The van der Waals surface area contributed by atoms with Crippen LogP contribution < -0.4 is 10.6 Å². The van der Waals surface area contributed by atoms with Crippen molar-refractivity contribution < 1.29 is 4.74 Å². The first-order chi connectivity index (χ1) is 8.86. The molecule has 0 amide bonds. The topological polar surface area (TPSA) is 46.2 Å². The smallest absolute Gasteiger partial charge is 0.128 e. The Kier molecular flexibility index (Phi) is 7.97. The van der Waals surface area contributed by atoms with Crippen molar-refractivity contribution in [3.8, 4) is 0 Å². The van der Waals surface area contributed by atoms with Crippen LogP contribution in [0.3, 0.4) is 0 Å². The molecule has 0 aliphatic rings. The van der Waals surface area contributed by atoms with Crippen LogP contribution in [0.15, 0.2) is 18.2 Å². The monoisotopic (exact) mass is 251 g/mol. The van der Waals surface area contributed by atoms with Crippen molar-refractivity contribution in [1.29, 1.82) is 0 Å². The normalized spacial score (nSPS) is 10.3. The number of unbranched alkanes of at least 4 members (excludes halogenated alkanes) is 1. The number of ether oxygens (including phenoxy) is 1. The summed E-state index contributed by atoms with van der Waals surface area (Å²) in [5.41, 5.74) is 0. The minimum absolute atomic E-state index is 0.730. The van der Waals surface area contributed by atoms with Gasteiger partial charge in [0.2, 0.25) is 0 Å². The number of hydrogen-bond acceptors (Lipinski definition) is 4. The molecule has 0 spiro atoms. The molecular weight excluding hydrogens is 226 g/mol. The van der Waals surface area contributed by atoms with Gasteiger partial charge in [-0.05, 0) is 25.0 Å². The van der Waals surface area contributed by atoms with Gasteiger partial charge < -0.3 is 15.4 Å². The molecule has 1 aromatic heterocycles. The maximum absolute atomic E-state index is 5.49. The Bertz CT molecular complexity index is 318. The fourth-order valence-corrected chi connectivity index (χ4v) is 1.48. The Morgan fingerprint density at radius 3 is 2.39 bits per heavy atom. The Morgan fingerprint density at radius 1 is 1.00 bits per heavy atom. The first-order valence-corrected chi connectivity index (χ1v) is 6.89. The molecule has 0 fully saturated rings. The zero-order chi connectivity index (χ0) is 13.1. The molecule has 0 saturated heterocycles. The van der Waals surface area contributed by atoms with E-state index in [2.05, 4.69) is 29.5 Å². The number of aromatic nitrogens is 1. The first-order valence-electron chi connectivity index (χ1n) is 6.89. The summed E-state index contributed by atoms with van der Waals surface area (Å²) >= 11 is 0. The molecule has 0 aromatic carbocycles. The third-order valence-electron chi connectivity index (χ3n) is 2.50. The van der Waals surface area contributed by atoms with Gasteiger partial charge in [0.05, 0.1) is 6.61 Å². The Morgan fingerprint density at radius 2 is 1.72 bits per heavy atom. The Labute approximate surface area is 110 Å². The molecule has 0 aliphatic heterocycles. The molecule has 4 heteroatoms. The number of hydrogen-bond donors (Lipinski definition) is 2. The van der Waals surface area contributed by atoms with E-state index in [0.29, 0.717) is 0 Å². The predicted octanol–water partition coefficient (Wildman–Crippen LogP) is 3.13. The van der Waals surface area contributed by atoms with Crippen LogP contribution in [0.25, 0.3) is 0 Å². The lowest BCUT2D eigenvalue weighted by atomic mass is 10.4. The Hall–Kier alpha value is -1.29. The molecular formula is C14H25N3O. The van der Waals surface area contributed by atoms with Crippen molar-refractivity contribution >= 4 is 11.6 Å². The standard InChI is InChI=1S/C14H25N3O/c1-3-5-11-18-12-10-16-14-8-6-7-13(17-14)15-9-4-2/h6-8H,3-5,9-12H2,1-2H3,(H2,15,16,17). The highest BCUT2D eigenvalue weighted by Gasteiger charge is 1.96. The second kappa shape index (κ2) is 9.71. The molecule has 0 saturated carbocycles. The molecule has 102 valence electrons. The highest BCUT2D eigenvalue weighted by atomic mass is 16.5. The highest BCUT2D eigenvalue weighted by molar-refractivity contribution is 5.44. The van der Waals surface area contributed by atoms with E-state index in [1.54, 1.807) is 0 Å². The third kappa shape index (κ3) is 6.45. The number of pyridine rings is 1. The molecule has 0 unspecified atom stereocenters. The number of nitrogens with zero attached hydrogens (tertiary/aromatic N) is 1. The maximum atomic E-state index is 5.49. The average molecular weight is 251 g/mol. The van der Waals surface area contributed by atoms with Crippen LogP contribution in [0.5, 0.6) is 0 Å². The largest absolute Gasteiger partial charge is 0.380 e. The van der Waals surface area contributed by atoms with Gasteiger partial charge in [-0.15, -0.1) is 0 Å². The number of anilines is 2. The second-order valence-corrected chi connectivity index (χ2v) is 4.23. The van der Waals surface area contributed by atoms with Crippen molar-refractivity contribution in [2.75, 3.05) is 36.9 Å². The molecule has 1 rings (SSSR count). The molecule has 0 radical (unpaired) electrons. The molecule has 0 atom stereocenters. The van der Waals surface area contributed by atoms with Gasteiger partial charge in [0.15, 0.2) is 0 Å². The molecule has 2 N–H and O–H groups in total. The minimum atomic E-state index is 0.730. The molecule has 0 aliphatic carbocycles. The minimum Gasteiger partial charge on any atom is -0.380 e. The lowest BCUT2D eigenvalue weighted by Gasteiger charge is -2.09. The van der Waals surface area contributed by atoms with E-state index < -0.39 is 0 Å². The Balaban J connectivity index is 2.20. The van der Waals surface area contributed by atoms with Gasteiger partial charge in [0, 0.05) is 19.7 Å². The van der Waals surface area contributed by atoms with Crippen LogP contribution in [-0.4, -0.2) is 31.3 Å². The molecule has 1 heterocycles. The van der Waals surface area contributed by atoms with E-state index in [1.807, 2.05) is 18.2 Å². The van der Waals surface area contributed by atoms with E-state index in [-0.39, 0.29) is 0 Å². The van der Waals surface area contributed by atoms with Crippen molar-refractivity contribution in [3.05, 3.63) is 18.2 Å². The molecule has 18 heavy (non-hydrogen) atoms. The molecule has 4 nitrogen and oxygen atoms in total. The van der Waals surface area contributed by atoms with Crippen LogP contribution in [-0.2, 0) is 4.74 Å². The van der Waals surface area contributed by atoms with Gasteiger partial charge in [0.1, 0.15) is 11.6 Å². The SMILES string of the molecule is CCCCOCCNc1cccc(NCCC)n1. The summed E-state index contributed by atoms with van der Waals surface area (Å²) in [6.45, 7) is 7.64. The molecule has 1 aromatic rings. The van der Waals surface area contributed by atoms with Crippen molar-refractivity contribution in [2.45, 2.75) is 33.1 Å². The van der Waals surface area contributed by atoms with Crippen molar-refractivity contribution in [3.63, 3.8) is 0 Å². The lowest BCUT2D eigenvalue weighted by molar-refractivity contribution is 0.141. The van der Waals surface area contributed by atoms with E-state index in [1.165, 1.54) is 6.42 Å². The summed E-state index contributed by atoms with van der Waals surface area (Å²) in [5, 5.41) is 6.53. The fourth-order valence-electron chi connectivity index (χ4n) is 1.48. The van der Waals surface area contributed by atoms with Crippen LogP contribution >= 0.6 is 0 Å². The van der Waals surface area contributed by atoms with Gasteiger partial charge in [0.25, 0.3) is 0 Å². The fraction of sp³-hybridized carbons (Fsp3) is 0.643. The summed E-state index contributed by atoms with van der Waals surface area (Å²) in [5.74, 6) is 1.82. The van der Waals surface area contributed by atoms with Gasteiger partial charge in [-0.3, -0.25) is 0 Å². The van der Waals surface area contributed by atoms with Gasteiger partial charge >= 0.3 is 0 Å². The maximum Gasteiger partial charge on any atom is 0.128 e. The first kappa shape index (κ1) is 14.8. The average Bonchev–Trinajstić information content (AvgIpc) is 2.41. The van der Waals surface area contributed by atoms with E-state index >= 15 is 0 Å². The lowest BCUT2D eigenvalue weighted by Crippen LogP contribution is -2.11. The van der Waals surface area contributed by atoms with Gasteiger partial charge in [-0.1, -0.05) is 26.3 Å².